The van der Waals surface area contributed by atoms with Crippen molar-refractivity contribution in [3.63, 3.8) is 0 Å². The summed E-state index contributed by atoms with van der Waals surface area (Å²) >= 11 is 6.58. The molecular weight excluding hydrogens is 564 g/mol. The third-order valence-electron chi connectivity index (χ3n) is 8.93. The first kappa shape index (κ1) is 27.6. The minimum atomic E-state index is -0.674. The summed E-state index contributed by atoms with van der Waals surface area (Å²) < 4.78 is 0. The Balaban J connectivity index is 1.12. The van der Waals surface area contributed by atoms with Crippen molar-refractivity contribution < 1.29 is 14.4 Å². The molecule has 0 saturated carbocycles. The zero-order valence-electron chi connectivity index (χ0n) is 24.4. The minimum Gasteiger partial charge on any atom is -0.338 e. The van der Waals surface area contributed by atoms with E-state index in [1.165, 1.54) is 0 Å². The summed E-state index contributed by atoms with van der Waals surface area (Å²) in [4.78, 5) is 46.7. The van der Waals surface area contributed by atoms with Gasteiger partial charge in [0.2, 0.25) is 17.7 Å². The van der Waals surface area contributed by atoms with Gasteiger partial charge in [0.15, 0.2) is 0 Å². The van der Waals surface area contributed by atoms with Crippen molar-refractivity contribution in [2.75, 3.05) is 17.2 Å². The van der Waals surface area contributed by atoms with E-state index in [4.69, 9.17) is 11.6 Å². The Bertz CT molecular complexity index is 1830. The molecule has 10 heteroatoms. The molecule has 1 spiro atoms. The largest absolute Gasteiger partial charge is 0.338 e. The molecule has 43 heavy (non-hydrogen) atoms. The molecule has 0 fully saturated rings. The molecule has 220 valence electrons. The van der Waals surface area contributed by atoms with Crippen LogP contribution in [0.4, 0.5) is 11.5 Å². The molecule has 1 aliphatic carbocycles. The third-order valence-corrected chi connectivity index (χ3v) is 9.23. The predicted octanol–water partition coefficient (Wildman–Crippen LogP) is 5.18. The highest BCUT2D eigenvalue weighted by Crippen LogP contribution is 2.47. The van der Waals surface area contributed by atoms with Crippen molar-refractivity contribution in [1.82, 2.24) is 20.1 Å². The molecule has 2 aromatic carbocycles. The number of nitrogens with one attached hydrogen (secondary N) is 3. The van der Waals surface area contributed by atoms with E-state index in [1.54, 1.807) is 12.4 Å². The number of benzene rings is 2. The van der Waals surface area contributed by atoms with Crippen molar-refractivity contribution in [3.8, 4) is 0 Å². The number of fused-ring (bicyclic) bond motifs is 6. The zero-order chi connectivity index (χ0) is 30.1. The molecule has 1 unspecified atom stereocenters. The van der Waals surface area contributed by atoms with Crippen LogP contribution in [-0.4, -0.2) is 44.3 Å². The highest BCUT2D eigenvalue weighted by atomic mass is 35.5. The predicted molar refractivity (Wildman–Crippen MR) is 165 cm³/mol. The molecule has 0 saturated heterocycles. The van der Waals surface area contributed by atoms with Crippen LogP contribution in [0.25, 0.3) is 10.9 Å². The van der Waals surface area contributed by atoms with Crippen LogP contribution in [0.1, 0.15) is 55.0 Å². The number of anilines is 2. The fourth-order valence-corrected chi connectivity index (χ4v) is 7.35. The molecule has 3 aliphatic rings. The summed E-state index contributed by atoms with van der Waals surface area (Å²) in [6.45, 7) is 7.31. The maximum atomic E-state index is 13.9. The highest BCUT2D eigenvalue weighted by molar-refractivity contribution is 6.35. The lowest BCUT2D eigenvalue weighted by molar-refractivity contribution is -0.139. The number of halogens is 1. The first-order chi connectivity index (χ1) is 20.5. The summed E-state index contributed by atoms with van der Waals surface area (Å²) in [5, 5.41) is 14.6. The summed E-state index contributed by atoms with van der Waals surface area (Å²) in [6.07, 6.45) is 5.03. The van der Waals surface area contributed by atoms with Gasteiger partial charge < -0.3 is 15.5 Å². The average molecular weight is 597 g/mol. The summed E-state index contributed by atoms with van der Waals surface area (Å²) in [6, 6.07) is 11.5. The van der Waals surface area contributed by atoms with Crippen LogP contribution < -0.4 is 10.6 Å². The highest BCUT2D eigenvalue weighted by Gasteiger charge is 2.51. The second-order valence-electron chi connectivity index (χ2n) is 13.3. The molecule has 0 bridgehead atoms. The topological polar surface area (TPSA) is 120 Å². The summed E-state index contributed by atoms with van der Waals surface area (Å²) in [7, 11) is 0. The van der Waals surface area contributed by atoms with E-state index in [0.29, 0.717) is 48.9 Å². The Kier molecular flexibility index (Phi) is 6.36. The first-order valence-electron chi connectivity index (χ1n) is 14.6. The van der Waals surface area contributed by atoms with Crippen LogP contribution in [0.15, 0.2) is 48.8 Å². The van der Waals surface area contributed by atoms with Gasteiger partial charge in [0, 0.05) is 42.3 Å². The van der Waals surface area contributed by atoms with Gasteiger partial charge in [-0.2, -0.15) is 5.10 Å². The number of rotatable bonds is 4. The van der Waals surface area contributed by atoms with Crippen molar-refractivity contribution >= 4 is 51.7 Å². The van der Waals surface area contributed by atoms with Crippen LogP contribution in [0.5, 0.6) is 0 Å². The maximum Gasteiger partial charge on any atom is 0.237 e. The molecule has 2 aromatic heterocycles. The van der Waals surface area contributed by atoms with Crippen molar-refractivity contribution in [2.24, 2.45) is 11.3 Å². The van der Waals surface area contributed by atoms with E-state index in [0.717, 1.165) is 38.7 Å². The van der Waals surface area contributed by atoms with E-state index in [1.807, 2.05) is 41.3 Å². The van der Waals surface area contributed by atoms with Gasteiger partial charge in [-0.1, -0.05) is 44.5 Å². The minimum absolute atomic E-state index is 0.0375. The second kappa shape index (κ2) is 9.91. The van der Waals surface area contributed by atoms with Gasteiger partial charge in [-0.15, -0.1) is 0 Å². The van der Waals surface area contributed by atoms with Crippen molar-refractivity contribution in [1.29, 1.82) is 0 Å². The van der Waals surface area contributed by atoms with Crippen molar-refractivity contribution in [3.05, 3.63) is 81.6 Å². The van der Waals surface area contributed by atoms with Gasteiger partial charge in [-0.05, 0) is 71.2 Å². The lowest BCUT2D eigenvalue weighted by atomic mass is 9.79. The molecular formula is C33H33ClN6O3. The summed E-state index contributed by atoms with van der Waals surface area (Å²) in [5.41, 5.74) is 5.63. The van der Waals surface area contributed by atoms with E-state index in [9.17, 15) is 14.4 Å². The number of carbonyl (C=O) groups excluding carboxylic acids is 3. The van der Waals surface area contributed by atoms with E-state index >= 15 is 0 Å². The Labute approximate surface area is 254 Å². The number of hydrogen-bond acceptors (Lipinski definition) is 5. The van der Waals surface area contributed by atoms with Crippen LogP contribution in [-0.2, 0) is 45.6 Å². The van der Waals surface area contributed by atoms with Crippen LogP contribution >= 0.6 is 11.6 Å². The second-order valence-corrected chi connectivity index (χ2v) is 13.7. The normalized spacial score (nSPS) is 21.0. The molecule has 9 nitrogen and oxygen atoms in total. The Morgan fingerprint density at radius 3 is 2.77 bits per heavy atom. The number of hydrogen-bond donors (Lipinski definition) is 3. The lowest BCUT2D eigenvalue weighted by Gasteiger charge is -2.31. The molecule has 4 heterocycles. The van der Waals surface area contributed by atoms with E-state index < -0.39 is 11.3 Å². The zero-order valence-corrected chi connectivity index (χ0v) is 25.1. The number of carbonyl (C=O) groups is 3. The van der Waals surface area contributed by atoms with Gasteiger partial charge in [-0.25, -0.2) is 4.98 Å². The SMILES string of the molecule is CC(C)(C)CN1Cc2c(cc(Cl)c3[nH]ncc23)C[C@@H](CC(=O)Nc2ccc3c(c2)CC2(C3)C(=O)Nc3ncccc32)C1=O. The van der Waals surface area contributed by atoms with E-state index in [-0.39, 0.29) is 29.6 Å². The fraction of sp³-hybridized carbons (Fsp3) is 0.364. The van der Waals surface area contributed by atoms with Crippen LogP contribution in [0.2, 0.25) is 5.02 Å². The Hall–Kier alpha value is -4.24. The molecule has 2 atom stereocenters. The van der Waals surface area contributed by atoms with Crippen molar-refractivity contribution in [2.45, 2.75) is 58.4 Å². The number of H-pyrrole nitrogens is 1. The summed E-state index contributed by atoms with van der Waals surface area (Å²) in [5.74, 6) is -0.215. The molecule has 4 aromatic rings. The Morgan fingerprint density at radius 2 is 1.95 bits per heavy atom. The smallest absolute Gasteiger partial charge is 0.237 e. The fourth-order valence-electron chi connectivity index (χ4n) is 7.08. The molecule has 3 amide bonds. The van der Waals surface area contributed by atoms with Crippen LogP contribution in [0, 0.1) is 11.3 Å². The quantitative estimate of drug-likeness (QED) is 0.300. The molecule has 7 rings (SSSR count). The number of pyridine rings is 1. The van der Waals surface area contributed by atoms with E-state index in [2.05, 4.69) is 46.6 Å². The molecule has 2 aliphatic heterocycles. The van der Waals surface area contributed by atoms with Gasteiger partial charge in [-0.3, -0.25) is 19.5 Å². The maximum absolute atomic E-state index is 13.9. The molecule has 3 N–H and O–H groups in total. The number of amides is 3. The average Bonchev–Trinajstić information content (AvgIpc) is 3.63. The van der Waals surface area contributed by atoms with Gasteiger partial charge in [0.05, 0.1) is 28.1 Å². The van der Waals surface area contributed by atoms with Gasteiger partial charge in [0.1, 0.15) is 5.82 Å². The van der Waals surface area contributed by atoms with Gasteiger partial charge in [0.25, 0.3) is 0 Å². The Morgan fingerprint density at radius 1 is 1.14 bits per heavy atom. The lowest BCUT2D eigenvalue weighted by Crippen LogP contribution is -2.40. The molecule has 0 radical (unpaired) electrons. The first-order valence-corrected chi connectivity index (χ1v) is 15.0. The van der Waals surface area contributed by atoms with Crippen LogP contribution in [0.3, 0.4) is 0 Å². The monoisotopic (exact) mass is 596 g/mol. The van der Waals surface area contributed by atoms with Gasteiger partial charge >= 0.3 is 0 Å². The number of nitrogens with zero attached hydrogens (tertiary/aromatic N) is 3. The standard InChI is InChI=1S/C33H33ClN6O3/c1-32(2,3)17-40-16-24-19(11-26(34)28-23(24)15-36-39-28)9-20(30(40)42)12-27(41)37-22-7-6-18-13-33(14-21(18)10-22)25-5-4-8-35-29(25)38-31(33)43/h4-8,10-11,15,20H,9,12-14,16-17H2,1-3H3,(H,36,39)(H,37,41)(H,35,38,43)/t20-,33?/m0/s1. The number of aromatic amines is 1. The third kappa shape index (κ3) is 4.76. The number of aromatic nitrogens is 3.